The van der Waals surface area contributed by atoms with E-state index in [2.05, 4.69) is 30.4 Å². The molecule has 5 aromatic rings. The molecule has 0 fully saturated rings. The third-order valence-corrected chi connectivity index (χ3v) is 6.49. The van der Waals surface area contributed by atoms with E-state index in [9.17, 15) is 18.7 Å². The number of benzene rings is 2. The summed E-state index contributed by atoms with van der Waals surface area (Å²) < 4.78 is 29.0. The molecule has 1 aliphatic heterocycles. The summed E-state index contributed by atoms with van der Waals surface area (Å²) in [6, 6.07) is 9.74. The number of carbonyl (C=O) groups excluding carboxylic acids is 1. The molecule has 1 atom stereocenters. The van der Waals surface area contributed by atoms with Crippen LogP contribution < -0.4 is 11.1 Å². The Bertz CT molecular complexity index is 1720. The van der Waals surface area contributed by atoms with Gasteiger partial charge in [0.15, 0.2) is 23.0 Å². The van der Waals surface area contributed by atoms with E-state index in [1.807, 2.05) is 0 Å². The summed E-state index contributed by atoms with van der Waals surface area (Å²) in [5.74, 6) is -1.90. The Kier molecular flexibility index (Phi) is 4.87. The van der Waals surface area contributed by atoms with Crippen molar-refractivity contribution < 1.29 is 18.7 Å². The van der Waals surface area contributed by atoms with Crippen molar-refractivity contribution in [1.82, 2.24) is 29.5 Å². The number of nitrogens with zero attached hydrogens (tertiary/aromatic N) is 6. The summed E-state index contributed by atoms with van der Waals surface area (Å²) in [5.41, 5.74) is 7.73. The van der Waals surface area contributed by atoms with Crippen molar-refractivity contribution in [3.05, 3.63) is 89.0 Å². The number of rotatable bonds is 4. The number of aromatic hydroxyl groups is 1. The molecule has 10 nitrogen and oxygen atoms in total. The van der Waals surface area contributed by atoms with Gasteiger partial charge in [0.1, 0.15) is 34.9 Å². The first-order chi connectivity index (χ1) is 17.7. The van der Waals surface area contributed by atoms with Crippen molar-refractivity contribution in [3.8, 4) is 17.3 Å². The monoisotopic (exact) mass is 500 g/mol. The van der Waals surface area contributed by atoms with Crippen molar-refractivity contribution in [2.75, 3.05) is 11.1 Å². The van der Waals surface area contributed by atoms with Crippen LogP contribution in [-0.2, 0) is 16.6 Å². The summed E-state index contributed by atoms with van der Waals surface area (Å²) in [6.45, 7) is 1.58. The molecule has 4 heterocycles. The molecule has 0 saturated heterocycles. The predicted octanol–water partition coefficient (Wildman–Crippen LogP) is 3.00. The van der Waals surface area contributed by atoms with Gasteiger partial charge in [0.2, 0.25) is 5.91 Å². The first-order valence-corrected chi connectivity index (χ1v) is 11.2. The quantitative estimate of drug-likeness (QED) is 0.342. The molecule has 1 amide bonds. The van der Waals surface area contributed by atoms with E-state index in [4.69, 9.17) is 5.73 Å². The second-order valence-corrected chi connectivity index (χ2v) is 8.81. The molecule has 2 aromatic carbocycles. The fourth-order valence-corrected chi connectivity index (χ4v) is 4.53. The number of nitrogens with one attached hydrogen (secondary N) is 1. The van der Waals surface area contributed by atoms with Crippen molar-refractivity contribution in [2.45, 2.75) is 18.8 Å². The maximum Gasteiger partial charge on any atom is 0.240 e. The lowest BCUT2D eigenvalue weighted by molar-refractivity contribution is -0.119. The fraction of sp³-hybridized carbons (Fsp3) is 0.120. The molecule has 0 radical (unpaired) electrons. The molecule has 0 bridgehead atoms. The Morgan fingerprint density at radius 2 is 1.89 bits per heavy atom. The number of hydrogen-bond acceptors (Lipinski definition) is 8. The lowest BCUT2D eigenvalue weighted by Crippen LogP contribution is -2.33. The number of aromatic nitrogens is 6. The van der Waals surface area contributed by atoms with Gasteiger partial charge in [-0.1, -0.05) is 18.2 Å². The lowest BCUT2D eigenvalue weighted by Gasteiger charge is -2.23. The molecular weight excluding hydrogens is 482 g/mol. The second kappa shape index (κ2) is 8.01. The number of phenolic OH excluding ortho intramolecular Hbond substituents is 1. The number of phenols is 1. The van der Waals surface area contributed by atoms with Gasteiger partial charge in [-0.2, -0.15) is 5.10 Å². The van der Waals surface area contributed by atoms with Crippen LogP contribution in [0.4, 0.5) is 20.4 Å². The first kappa shape index (κ1) is 22.5. The number of amides is 1. The van der Waals surface area contributed by atoms with Crippen molar-refractivity contribution in [2.24, 2.45) is 0 Å². The van der Waals surface area contributed by atoms with Gasteiger partial charge < -0.3 is 16.2 Å². The molecule has 0 saturated carbocycles. The molecule has 0 spiro atoms. The first-order valence-electron chi connectivity index (χ1n) is 11.2. The molecular formula is C25H18F2N8O2. The van der Waals surface area contributed by atoms with Gasteiger partial charge in [0.05, 0.1) is 17.5 Å². The van der Waals surface area contributed by atoms with Gasteiger partial charge in [0, 0.05) is 6.42 Å². The number of nitrogens with two attached hydrogens (primary N) is 1. The minimum atomic E-state index is -1.39. The van der Waals surface area contributed by atoms with Crippen LogP contribution in [0, 0.1) is 11.6 Å². The highest BCUT2D eigenvalue weighted by Gasteiger charge is 2.48. The number of halogens is 2. The van der Waals surface area contributed by atoms with Gasteiger partial charge in [0.25, 0.3) is 0 Å². The second-order valence-electron chi connectivity index (χ2n) is 8.81. The topological polar surface area (TPSA) is 144 Å². The highest BCUT2D eigenvalue weighted by atomic mass is 19.1. The van der Waals surface area contributed by atoms with Crippen molar-refractivity contribution in [1.29, 1.82) is 0 Å². The maximum atomic E-state index is 14.1. The Morgan fingerprint density at radius 1 is 1.11 bits per heavy atom. The zero-order valence-corrected chi connectivity index (χ0v) is 19.3. The third-order valence-electron chi connectivity index (χ3n) is 6.49. The van der Waals surface area contributed by atoms with Crippen LogP contribution in [0.3, 0.4) is 0 Å². The highest BCUT2D eigenvalue weighted by molar-refractivity contribution is 6.09. The zero-order chi connectivity index (χ0) is 25.9. The SMILES string of the molecule is C[C@]1(c2ccc(O)c(F)c2)C(=O)Nc2nc(-c3cn4ncnc4c(Cc4ccc(F)cc4)n3)nc(N)c21. The van der Waals surface area contributed by atoms with E-state index < -0.39 is 22.9 Å². The largest absolute Gasteiger partial charge is 0.505 e. The lowest BCUT2D eigenvalue weighted by atomic mass is 9.77. The fourth-order valence-electron chi connectivity index (χ4n) is 4.53. The van der Waals surface area contributed by atoms with E-state index in [-0.39, 0.29) is 28.8 Å². The average Bonchev–Trinajstić information content (AvgIpc) is 3.45. The van der Waals surface area contributed by atoms with Crippen LogP contribution in [-0.4, -0.2) is 40.6 Å². The molecule has 0 aliphatic carbocycles. The number of fused-ring (bicyclic) bond motifs is 2. The van der Waals surface area contributed by atoms with E-state index in [1.165, 1.54) is 35.1 Å². The minimum Gasteiger partial charge on any atom is -0.505 e. The number of hydrogen-bond donors (Lipinski definition) is 3. The Morgan fingerprint density at radius 3 is 2.65 bits per heavy atom. The van der Waals surface area contributed by atoms with Crippen LogP contribution in [0.5, 0.6) is 5.75 Å². The standard InChI is InChI=1S/C25H18F2N8O2/c1-25(13-4-7-18(36)15(27)9-13)19-20(28)32-21(33-22(19)34-24(25)37)17-10-35-23(29-11-30-35)16(31-17)8-12-2-5-14(26)6-3-12/h2-7,9-11,36H,8H2,1H3,(H3,28,32,33,34,37)/t25-/m1/s1. The molecule has 37 heavy (non-hydrogen) atoms. The summed E-state index contributed by atoms with van der Waals surface area (Å²) in [5, 5.41) is 16.5. The van der Waals surface area contributed by atoms with Gasteiger partial charge in [-0.3, -0.25) is 4.79 Å². The van der Waals surface area contributed by atoms with Gasteiger partial charge in [-0.05, 0) is 42.3 Å². The zero-order valence-electron chi connectivity index (χ0n) is 19.3. The van der Waals surface area contributed by atoms with Gasteiger partial charge in [-0.15, -0.1) is 0 Å². The Balaban J connectivity index is 1.45. The van der Waals surface area contributed by atoms with Crippen LogP contribution in [0.2, 0.25) is 0 Å². The Hall–Kier alpha value is -5.00. The van der Waals surface area contributed by atoms with Gasteiger partial charge >= 0.3 is 0 Å². The molecule has 4 N–H and O–H groups in total. The molecule has 12 heteroatoms. The summed E-state index contributed by atoms with van der Waals surface area (Å²) >= 11 is 0. The normalized spacial score (nSPS) is 16.7. The number of nitrogen functional groups attached to an aromatic ring is 1. The van der Waals surface area contributed by atoms with Crippen LogP contribution >= 0.6 is 0 Å². The van der Waals surface area contributed by atoms with Crippen LogP contribution in [0.15, 0.2) is 55.0 Å². The third kappa shape index (κ3) is 3.53. The van der Waals surface area contributed by atoms with E-state index in [1.54, 1.807) is 25.3 Å². The predicted molar refractivity (Wildman–Crippen MR) is 129 cm³/mol. The number of carbonyl (C=O) groups is 1. The van der Waals surface area contributed by atoms with E-state index in [0.29, 0.717) is 29.0 Å². The molecule has 3 aromatic heterocycles. The summed E-state index contributed by atoms with van der Waals surface area (Å²) in [7, 11) is 0. The van der Waals surface area contributed by atoms with Crippen LogP contribution in [0.25, 0.3) is 17.2 Å². The van der Waals surface area contributed by atoms with Crippen molar-refractivity contribution >= 4 is 23.2 Å². The summed E-state index contributed by atoms with van der Waals surface area (Å²) in [6.07, 6.45) is 3.32. The molecule has 0 unspecified atom stereocenters. The average molecular weight is 500 g/mol. The Labute approximate surface area is 207 Å². The molecule has 6 rings (SSSR count). The smallest absolute Gasteiger partial charge is 0.240 e. The molecule has 1 aliphatic rings. The van der Waals surface area contributed by atoms with Gasteiger partial charge in [-0.25, -0.2) is 33.2 Å². The van der Waals surface area contributed by atoms with Crippen LogP contribution in [0.1, 0.15) is 29.3 Å². The molecule has 184 valence electrons. The highest BCUT2D eigenvalue weighted by Crippen LogP contribution is 2.45. The maximum absolute atomic E-state index is 14.1. The summed E-state index contributed by atoms with van der Waals surface area (Å²) in [4.78, 5) is 31.0. The van der Waals surface area contributed by atoms with E-state index in [0.717, 1.165) is 11.6 Å². The van der Waals surface area contributed by atoms with E-state index >= 15 is 0 Å². The number of anilines is 2. The minimum absolute atomic E-state index is 0.00917. The van der Waals surface area contributed by atoms with Crippen molar-refractivity contribution in [3.63, 3.8) is 0 Å².